The molecular formula is C14H15N3O2. The van der Waals surface area contributed by atoms with Crippen molar-refractivity contribution in [1.82, 2.24) is 9.97 Å². The van der Waals surface area contributed by atoms with Crippen LogP contribution in [0.5, 0.6) is 0 Å². The highest BCUT2D eigenvalue weighted by Gasteiger charge is 2.08. The van der Waals surface area contributed by atoms with Crippen LogP contribution in [-0.2, 0) is 6.54 Å². The molecule has 2 aromatic heterocycles. The molecule has 0 aliphatic rings. The summed E-state index contributed by atoms with van der Waals surface area (Å²) in [6, 6.07) is 7.22. The van der Waals surface area contributed by atoms with Gasteiger partial charge >= 0.3 is 5.97 Å². The lowest BCUT2D eigenvalue weighted by atomic mass is 10.2. The van der Waals surface area contributed by atoms with E-state index >= 15 is 0 Å². The van der Waals surface area contributed by atoms with Gasteiger partial charge in [-0.3, -0.25) is 4.98 Å². The van der Waals surface area contributed by atoms with Gasteiger partial charge in [-0.15, -0.1) is 0 Å². The van der Waals surface area contributed by atoms with Gasteiger partial charge in [0.05, 0.1) is 11.9 Å². The van der Waals surface area contributed by atoms with Crippen LogP contribution < -0.4 is 4.90 Å². The quantitative estimate of drug-likeness (QED) is 0.889. The summed E-state index contributed by atoms with van der Waals surface area (Å²) >= 11 is 0. The van der Waals surface area contributed by atoms with Gasteiger partial charge in [0.1, 0.15) is 5.69 Å². The Hall–Kier alpha value is -2.43. The number of aromatic nitrogens is 2. The first-order valence-electron chi connectivity index (χ1n) is 6.04. The number of rotatable bonds is 5. The van der Waals surface area contributed by atoms with Crippen LogP contribution >= 0.6 is 0 Å². The minimum atomic E-state index is -1.01. The van der Waals surface area contributed by atoms with E-state index in [9.17, 15) is 4.79 Å². The highest BCUT2D eigenvalue weighted by molar-refractivity contribution is 5.85. The zero-order chi connectivity index (χ0) is 13.7. The molecular weight excluding hydrogens is 242 g/mol. The standard InChI is InChI=1S/C14H15N3O2/c1-2-17(10-11-5-7-15-8-6-11)12-3-4-13(14(18)19)16-9-12/h3-9H,2,10H2,1H3,(H,18,19). The number of nitrogens with zero attached hydrogens (tertiary/aromatic N) is 3. The summed E-state index contributed by atoms with van der Waals surface area (Å²) in [4.78, 5) is 20.8. The third-order valence-corrected chi connectivity index (χ3v) is 2.84. The van der Waals surface area contributed by atoms with E-state index in [4.69, 9.17) is 5.11 Å². The van der Waals surface area contributed by atoms with E-state index in [1.54, 1.807) is 24.7 Å². The molecule has 2 aromatic rings. The Morgan fingerprint density at radius 2 is 2.00 bits per heavy atom. The molecule has 0 aliphatic carbocycles. The van der Waals surface area contributed by atoms with Crippen LogP contribution in [0.1, 0.15) is 23.0 Å². The Balaban J connectivity index is 2.15. The predicted molar refractivity (Wildman–Crippen MR) is 72.2 cm³/mol. The number of hydrogen-bond acceptors (Lipinski definition) is 4. The highest BCUT2D eigenvalue weighted by atomic mass is 16.4. The Labute approximate surface area is 111 Å². The average molecular weight is 257 g/mol. The van der Waals surface area contributed by atoms with Gasteiger partial charge in [0, 0.05) is 25.5 Å². The summed E-state index contributed by atoms with van der Waals surface area (Å²) in [6.45, 7) is 3.61. The third-order valence-electron chi connectivity index (χ3n) is 2.84. The van der Waals surface area contributed by atoms with E-state index in [-0.39, 0.29) is 5.69 Å². The van der Waals surface area contributed by atoms with Crippen molar-refractivity contribution in [2.24, 2.45) is 0 Å². The fourth-order valence-electron chi connectivity index (χ4n) is 1.79. The highest BCUT2D eigenvalue weighted by Crippen LogP contribution is 2.16. The third kappa shape index (κ3) is 3.28. The van der Waals surface area contributed by atoms with E-state index in [1.807, 2.05) is 19.1 Å². The molecule has 19 heavy (non-hydrogen) atoms. The van der Waals surface area contributed by atoms with Crippen molar-refractivity contribution in [2.45, 2.75) is 13.5 Å². The molecule has 0 spiro atoms. The summed E-state index contributed by atoms with van der Waals surface area (Å²) < 4.78 is 0. The van der Waals surface area contributed by atoms with Crippen LogP contribution in [0.25, 0.3) is 0 Å². The van der Waals surface area contributed by atoms with Crippen LogP contribution in [0.4, 0.5) is 5.69 Å². The molecule has 1 N–H and O–H groups in total. The second-order valence-corrected chi connectivity index (χ2v) is 4.08. The molecule has 0 aromatic carbocycles. The molecule has 0 unspecified atom stereocenters. The van der Waals surface area contributed by atoms with E-state index in [1.165, 1.54) is 6.07 Å². The van der Waals surface area contributed by atoms with Crippen molar-refractivity contribution in [2.75, 3.05) is 11.4 Å². The lowest BCUT2D eigenvalue weighted by Gasteiger charge is -2.22. The molecule has 0 bridgehead atoms. The van der Waals surface area contributed by atoms with Crippen molar-refractivity contribution in [3.05, 3.63) is 54.1 Å². The molecule has 0 saturated carbocycles. The zero-order valence-corrected chi connectivity index (χ0v) is 10.7. The van der Waals surface area contributed by atoms with E-state index < -0.39 is 5.97 Å². The fraction of sp³-hybridized carbons (Fsp3) is 0.214. The zero-order valence-electron chi connectivity index (χ0n) is 10.7. The lowest BCUT2D eigenvalue weighted by molar-refractivity contribution is 0.0690. The molecule has 2 heterocycles. The molecule has 0 radical (unpaired) electrons. The van der Waals surface area contributed by atoms with Crippen molar-refractivity contribution in [3.63, 3.8) is 0 Å². The summed E-state index contributed by atoms with van der Waals surface area (Å²) in [5.41, 5.74) is 2.12. The van der Waals surface area contributed by atoms with Gasteiger partial charge in [-0.1, -0.05) is 0 Å². The maximum atomic E-state index is 10.8. The fourth-order valence-corrected chi connectivity index (χ4v) is 1.79. The van der Waals surface area contributed by atoms with Gasteiger partial charge < -0.3 is 10.0 Å². The van der Waals surface area contributed by atoms with Crippen molar-refractivity contribution in [3.8, 4) is 0 Å². The van der Waals surface area contributed by atoms with Gasteiger partial charge in [-0.2, -0.15) is 0 Å². The Kier molecular flexibility index (Phi) is 4.07. The summed E-state index contributed by atoms with van der Waals surface area (Å²) in [5.74, 6) is -1.01. The molecule has 0 amide bonds. The number of pyridine rings is 2. The number of carboxylic acids is 1. The van der Waals surface area contributed by atoms with Gasteiger partial charge in [0.25, 0.3) is 0 Å². The average Bonchev–Trinajstić information content (AvgIpc) is 2.46. The van der Waals surface area contributed by atoms with Gasteiger partial charge in [0.2, 0.25) is 0 Å². The number of anilines is 1. The number of carbonyl (C=O) groups is 1. The largest absolute Gasteiger partial charge is 0.477 e. The van der Waals surface area contributed by atoms with Crippen molar-refractivity contribution < 1.29 is 9.90 Å². The molecule has 5 heteroatoms. The number of carboxylic acid groups (broad SMARTS) is 1. The van der Waals surface area contributed by atoms with E-state index in [0.717, 1.165) is 24.3 Å². The second kappa shape index (κ2) is 5.95. The second-order valence-electron chi connectivity index (χ2n) is 4.08. The first-order chi connectivity index (χ1) is 9.20. The maximum Gasteiger partial charge on any atom is 0.354 e. The summed E-state index contributed by atoms with van der Waals surface area (Å²) in [7, 11) is 0. The first-order valence-corrected chi connectivity index (χ1v) is 6.04. The monoisotopic (exact) mass is 257 g/mol. The van der Waals surface area contributed by atoms with E-state index in [2.05, 4.69) is 14.9 Å². The Morgan fingerprint density at radius 1 is 1.26 bits per heavy atom. The van der Waals surface area contributed by atoms with Crippen LogP contribution in [0.3, 0.4) is 0 Å². The normalized spacial score (nSPS) is 10.2. The summed E-state index contributed by atoms with van der Waals surface area (Å²) in [6.07, 6.45) is 5.11. The van der Waals surface area contributed by atoms with E-state index in [0.29, 0.717) is 0 Å². The molecule has 0 saturated heterocycles. The maximum absolute atomic E-state index is 10.8. The molecule has 0 atom stereocenters. The minimum Gasteiger partial charge on any atom is -0.477 e. The molecule has 0 fully saturated rings. The smallest absolute Gasteiger partial charge is 0.354 e. The Morgan fingerprint density at radius 3 is 2.53 bits per heavy atom. The van der Waals surface area contributed by atoms with Crippen LogP contribution in [-0.4, -0.2) is 27.6 Å². The first kappa shape index (κ1) is 13.0. The molecule has 98 valence electrons. The number of hydrogen-bond donors (Lipinski definition) is 1. The predicted octanol–water partition coefficient (Wildman–Crippen LogP) is 2.20. The SMILES string of the molecule is CCN(Cc1ccncc1)c1ccc(C(=O)O)nc1. The Bertz CT molecular complexity index is 540. The van der Waals surface area contributed by atoms with Crippen LogP contribution in [0, 0.1) is 0 Å². The molecule has 5 nitrogen and oxygen atoms in total. The van der Waals surface area contributed by atoms with Crippen LogP contribution in [0.15, 0.2) is 42.9 Å². The van der Waals surface area contributed by atoms with Crippen molar-refractivity contribution >= 4 is 11.7 Å². The lowest BCUT2D eigenvalue weighted by Crippen LogP contribution is -2.22. The van der Waals surface area contributed by atoms with Crippen molar-refractivity contribution in [1.29, 1.82) is 0 Å². The van der Waals surface area contributed by atoms with Gasteiger partial charge in [0.15, 0.2) is 0 Å². The number of aromatic carboxylic acids is 1. The topological polar surface area (TPSA) is 66.3 Å². The molecule has 2 rings (SSSR count). The van der Waals surface area contributed by atoms with Gasteiger partial charge in [-0.25, -0.2) is 9.78 Å². The molecule has 0 aliphatic heterocycles. The van der Waals surface area contributed by atoms with Gasteiger partial charge in [-0.05, 0) is 36.8 Å². The minimum absolute atomic E-state index is 0.0590. The van der Waals surface area contributed by atoms with Crippen LogP contribution in [0.2, 0.25) is 0 Å². The summed E-state index contributed by atoms with van der Waals surface area (Å²) in [5, 5.41) is 8.82.